The van der Waals surface area contributed by atoms with Gasteiger partial charge in [0.05, 0.1) is 5.54 Å². The molecule has 0 atom stereocenters. The van der Waals surface area contributed by atoms with Crippen LogP contribution in [0, 0.1) is 0 Å². The first-order valence-corrected chi connectivity index (χ1v) is 6.33. The minimum Gasteiger partial charge on any atom is -0.482 e. The van der Waals surface area contributed by atoms with Crippen LogP contribution in [0.25, 0.3) is 0 Å². The maximum Gasteiger partial charge on any atom is 0.341 e. The van der Waals surface area contributed by atoms with Crippen LogP contribution in [-0.2, 0) is 4.79 Å². The molecule has 0 aromatic heterocycles. The summed E-state index contributed by atoms with van der Waals surface area (Å²) in [7, 11) is 0. The average Bonchev–Trinajstić information content (AvgIpc) is 2.36. The van der Waals surface area contributed by atoms with Crippen LogP contribution >= 0.6 is 11.6 Å². The van der Waals surface area contributed by atoms with Gasteiger partial charge in [-0.15, -0.1) is 0 Å². The van der Waals surface area contributed by atoms with Crippen LogP contribution in [-0.4, -0.2) is 29.1 Å². The van der Waals surface area contributed by atoms with E-state index in [0.717, 1.165) is 0 Å². The third-order valence-electron chi connectivity index (χ3n) is 2.39. The van der Waals surface area contributed by atoms with Gasteiger partial charge in [0.2, 0.25) is 0 Å². The summed E-state index contributed by atoms with van der Waals surface area (Å²) < 4.78 is 4.98. The van der Waals surface area contributed by atoms with E-state index in [1.165, 1.54) is 5.54 Å². The Morgan fingerprint density at radius 1 is 1.35 bits per heavy atom. The van der Waals surface area contributed by atoms with E-state index in [1.807, 2.05) is 13.8 Å². The molecule has 1 amide bonds. The number of benzene rings is 1. The summed E-state index contributed by atoms with van der Waals surface area (Å²) in [6.45, 7) is 3.21. The van der Waals surface area contributed by atoms with Crippen LogP contribution in [0.15, 0.2) is 35.9 Å². The van der Waals surface area contributed by atoms with E-state index < -0.39 is 18.1 Å². The molecule has 5 nitrogen and oxygen atoms in total. The molecule has 0 aliphatic heterocycles. The second kappa shape index (κ2) is 6.96. The van der Waals surface area contributed by atoms with Gasteiger partial charge < -0.3 is 15.2 Å². The van der Waals surface area contributed by atoms with Gasteiger partial charge in [0.25, 0.3) is 5.91 Å². The summed E-state index contributed by atoms with van der Waals surface area (Å²) in [5.41, 5.74) is 1.24. The summed E-state index contributed by atoms with van der Waals surface area (Å²) >= 11 is 5.50. The Kier molecular flexibility index (Phi) is 5.58. The van der Waals surface area contributed by atoms with Crippen molar-refractivity contribution in [1.29, 1.82) is 0 Å². The normalized spacial score (nSPS) is 11.3. The standard InChI is InChI=1S/C14H16ClNO4/c1-14(2,7-8-15)16-13(19)10-3-5-11(6-4-10)20-9-12(17)18/h3-8H,9H2,1-2H3,(H,16,19)(H,17,18)/b8-7+. The molecule has 0 saturated heterocycles. The highest BCUT2D eigenvalue weighted by Gasteiger charge is 2.17. The van der Waals surface area contributed by atoms with Crippen molar-refractivity contribution in [1.82, 2.24) is 5.32 Å². The molecule has 0 fully saturated rings. The molecule has 0 aliphatic rings. The van der Waals surface area contributed by atoms with E-state index >= 15 is 0 Å². The summed E-state index contributed by atoms with van der Waals surface area (Å²) in [4.78, 5) is 22.3. The number of carbonyl (C=O) groups is 2. The van der Waals surface area contributed by atoms with Crippen molar-refractivity contribution in [2.45, 2.75) is 19.4 Å². The molecule has 108 valence electrons. The van der Waals surface area contributed by atoms with Crippen LogP contribution in [0.1, 0.15) is 24.2 Å². The summed E-state index contributed by atoms with van der Waals surface area (Å²) in [5, 5.41) is 11.3. The molecule has 0 saturated carbocycles. The molecule has 6 heteroatoms. The first kappa shape index (κ1) is 16.0. The Labute approximate surface area is 122 Å². The fourth-order valence-corrected chi connectivity index (χ4v) is 1.73. The number of nitrogens with one attached hydrogen (secondary N) is 1. The number of carboxylic acid groups (broad SMARTS) is 1. The minimum atomic E-state index is -1.05. The van der Waals surface area contributed by atoms with E-state index in [9.17, 15) is 9.59 Å². The predicted octanol–water partition coefficient (Wildman–Crippen LogP) is 2.41. The van der Waals surface area contributed by atoms with Crippen molar-refractivity contribution in [2.75, 3.05) is 6.61 Å². The second-order valence-corrected chi connectivity index (χ2v) is 4.93. The van der Waals surface area contributed by atoms with Crippen molar-refractivity contribution in [3.8, 4) is 5.75 Å². The van der Waals surface area contributed by atoms with Gasteiger partial charge in [0.15, 0.2) is 6.61 Å². The predicted molar refractivity (Wildman–Crippen MR) is 76.1 cm³/mol. The highest BCUT2D eigenvalue weighted by molar-refractivity contribution is 6.25. The van der Waals surface area contributed by atoms with E-state index in [4.69, 9.17) is 21.4 Å². The Hall–Kier alpha value is -2.01. The number of rotatable bonds is 6. The zero-order valence-electron chi connectivity index (χ0n) is 11.2. The van der Waals surface area contributed by atoms with Gasteiger partial charge >= 0.3 is 5.97 Å². The number of hydrogen-bond acceptors (Lipinski definition) is 3. The molecule has 0 radical (unpaired) electrons. The van der Waals surface area contributed by atoms with Crippen LogP contribution in [0.5, 0.6) is 5.75 Å². The monoisotopic (exact) mass is 297 g/mol. The Bertz CT molecular complexity index is 508. The smallest absolute Gasteiger partial charge is 0.341 e. The molecule has 1 aromatic rings. The minimum absolute atomic E-state index is 0.255. The topological polar surface area (TPSA) is 75.6 Å². The van der Waals surface area contributed by atoms with Crippen LogP contribution in [0.2, 0.25) is 0 Å². The Morgan fingerprint density at radius 3 is 2.45 bits per heavy atom. The highest BCUT2D eigenvalue weighted by Crippen LogP contribution is 2.13. The third kappa shape index (κ3) is 5.32. The summed E-state index contributed by atoms with van der Waals surface area (Å²) in [5.74, 6) is -0.917. The lowest BCUT2D eigenvalue weighted by Crippen LogP contribution is -2.41. The lowest BCUT2D eigenvalue weighted by Gasteiger charge is -2.22. The Morgan fingerprint density at radius 2 is 1.95 bits per heavy atom. The van der Waals surface area contributed by atoms with Crippen LogP contribution in [0.3, 0.4) is 0 Å². The van der Waals surface area contributed by atoms with E-state index in [-0.39, 0.29) is 5.91 Å². The van der Waals surface area contributed by atoms with E-state index in [0.29, 0.717) is 11.3 Å². The Balaban J connectivity index is 2.68. The van der Waals surface area contributed by atoms with Gasteiger partial charge in [0.1, 0.15) is 5.75 Å². The van der Waals surface area contributed by atoms with Crippen molar-refractivity contribution >= 4 is 23.5 Å². The zero-order valence-corrected chi connectivity index (χ0v) is 12.0. The molecule has 1 rings (SSSR count). The van der Waals surface area contributed by atoms with Crippen molar-refractivity contribution in [3.05, 3.63) is 41.4 Å². The number of aliphatic carboxylic acids is 1. The van der Waals surface area contributed by atoms with Crippen LogP contribution in [0.4, 0.5) is 0 Å². The summed E-state index contributed by atoms with van der Waals surface area (Å²) in [6, 6.07) is 6.21. The number of ether oxygens (including phenoxy) is 1. The molecule has 20 heavy (non-hydrogen) atoms. The third-order valence-corrected chi connectivity index (χ3v) is 2.52. The molecule has 0 aliphatic carbocycles. The van der Waals surface area contributed by atoms with Gasteiger partial charge in [-0.25, -0.2) is 4.79 Å². The van der Waals surface area contributed by atoms with Gasteiger partial charge in [-0.1, -0.05) is 11.6 Å². The average molecular weight is 298 g/mol. The highest BCUT2D eigenvalue weighted by atomic mass is 35.5. The van der Waals surface area contributed by atoms with Crippen molar-refractivity contribution < 1.29 is 19.4 Å². The molecule has 0 bridgehead atoms. The molecular formula is C14H16ClNO4. The largest absolute Gasteiger partial charge is 0.482 e. The van der Waals surface area contributed by atoms with Crippen molar-refractivity contribution in [3.63, 3.8) is 0 Å². The maximum absolute atomic E-state index is 12.0. The van der Waals surface area contributed by atoms with Crippen LogP contribution < -0.4 is 10.1 Å². The number of carbonyl (C=O) groups excluding carboxylic acids is 1. The van der Waals surface area contributed by atoms with Gasteiger partial charge in [-0.3, -0.25) is 4.79 Å². The SMILES string of the molecule is CC(C)(/C=C/Cl)NC(=O)c1ccc(OCC(=O)O)cc1. The quantitative estimate of drug-likeness (QED) is 0.845. The van der Waals surface area contributed by atoms with Gasteiger partial charge in [0, 0.05) is 11.1 Å². The zero-order chi connectivity index (χ0) is 15.2. The molecule has 0 spiro atoms. The number of amides is 1. The van der Waals surface area contributed by atoms with Crippen molar-refractivity contribution in [2.24, 2.45) is 0 Å². The van der Waals surface area contributed by atoms with Gasteiger partial charge in [-0.2, -0.15) is 0 Å². The fourth-order valence-electron chi connectivity index (χ4n) is 1.41. The first-order valence-electron chi connectivity index (χ1n) is 5.89. The molecular weight excluding hydrogens is 282 g/mol. The maximum atomic E-state index is 12.0. The molecule has 1 aromatic carbocycles. The molecule has 0 unspecified atom stereocenters. The first-order chi connectivity index (χ1) is 9.34. The van der Waals surface area contributed by atoms with E-state index in [2.05, 4.69) is 5.32 Å². The number of halogens is 1. The second-order valence-electron chi connectivity index (χ2n) is 4.68. The summed E-state index contributed by atoms with van der Waals surface area (Å²) in [6.07, 6.45) is 1.66. The number of hydrogen-bond donors (Lipinski definition) is 2. The molecule has 2 N–H and O–H groups in total. The number of carboxylic acids is 1. The fraction of sp³-hybridized carbons (Fsp3) is 0.286. The lowest BCUT2D eigenvalue weighted by atomic mass is 10.1. The lowest BCUT2D eigenvalue weighted by molar-refractivity contribution is -0.139. The molecule has 0 heterocycles. The van der Waals surface area contributed by atoms with E-state index in [1.54, 1.807) is 30.3 Å². The van der Waals surface area contributed by atoms with Gasteiger partial charge in [-0.05, 0) is 44.2 Å².